The number of rotatable bonds is 4. The van der Waals surface area contributed by atoms with E-state index in [-0.39, 0.29) is 12.0 Å². The highest BCUT2D eigenvalue weighted by Gasteiger charge is 2.25. The Morgan fingerprint density at radius 2 is 1.90 bits per heavy atom. The number of ether oxygens (including phenoxy) is 2. The first-order valence-corrected chi connectivity index (χ1v) is 6.89. The highest BCUT2D eigenvalue weighted by Crippen LogP contribution is 2.26. The van der Waals surface area contributed by atoms with E-state index < -0.39 is 0 Å². The summed E-state index contributed by atoms with van der Waals surface area (Å²) in [5.74, 6) is 0.795. The second-order valence-corrected chi connectivity index (χ2v) is 4.94. The highest BCUT2D eigenvalue weighted by molar-refractivity contribution is 5.96. The van der Waals surface area contributed by atoms with Gasteiger partial charge in [-0.05, 0) is 29.3 Å². The fourth-order valence-electron chi connectivity index (χ4n) is 2.44. The highest BCUT2D eigenvalue weighted by atomic mass is 16.5. The van der Waals surface area contributed by atoms with Gasteiger partial charge in [-0.1, -0.05) is 30.3 Å². The number of nitrogens with one attached hydrogen (secondary N) is 1. The lowest BCUT2D eigenvalue weighted by molar-refractivity contribution is 0.0336. The molecule has 1 amide bonds. The van der Waals surface area contributed by atoms with E-state index >= 15 is 0 Å². The Bertz CT molecular complexity index is 637. The molecule has 0 saturated carbocycles. The van der Waals surface area contributed by atoms with Gasteiger partial charge >= 0.3 is 0 Å². The largest absolute Gasteiger partial charge is 0.497 e. The minimum atomic E-state index is -0.110. The van der Waals surface area contributed by atoms with Gasteiger partial charge in [0.2, 0.25) is 0 Å². The summed E-state index contributed by atoms with van der Waals surface area (Å²) in [7, 11) is 1.65. The lowest BCUT2D eigenvalue weighted by atomic mass is 9.98. The minimum Gasteiger partial charge on any atom is -0.497 e. The monoisotopic (exact) mass is 283 g/mol. The molecule has 0 saturated heterocycles. The maximum Gasteiger partial charge on any atom is 0.251 e. The van der Waals surface area contributed by atoms with Crippen molar-refractivity contribution in [2.75, 3.05) is 13.7 Å². The fourth-order valence-corrected chi connectivity index (χ4v) is 2.44. The van der Waals surface area contributed by atoms with Gasteiger partial charge in [-0.15, -0.1) is 0 Å². The van der Waals surface area contributed by atoms with Gasteiger partial charge in [0.1, 0.15) is 11.9 Å². The van der Waals surface area contributed by atoms with Crippen molar-refractivity contribution in [1.29, 1.82) is 0 Å². The molecule has 0 fully saturated rings. The summed E-state index contributed by atoms with van der Waals surface area (Å²) in [6, 6.07) is 15.4. The van der Waals surface area contributed by atoms with Crippen LogP contribution in [0.25, 0.3) is 0 Å². The first kappa shape index (κ1) is 13.6. The Labute approximate surface area is 123 Å². The standard InChI is InChI=1S/C17H17NO3/c1-20-13-8-6-12(7-9-13)11-21-16-10-18-17(19)15-5-3-2-4-14(15)16/h2-9,16H,10-11H2,1H3,(H,18,19). The molecule has 1 heterocycles. The minimum absolute atomic E-state index is 0.0325. The van der Waals surface area contributed by atoms with E-state index in [1.165, 1.54) is 0 Å². The van der Waals surface area contributed by atoms with Crippen LogP contribution in [0.4, 0.5) is 0 Å². The summed E-state index contributed by atoms with van der Waals surface area (Å²) in [6.45, 7) is 1.00. The number of amides is 1. The summed E-state index contributed by atoms with van der Waals surface area (Å²) in [6.07, 6.45) is -0.110. The maximum absolute atomic E-state index is 11.8. The van der Waals surface area contributed by atoms with Crippen molar-refractivity contribution in [3.63, 3.8) is 0 Å². The molecule has 21 heavy (non-hydrogen) atoms. The zero-order valence-electron chi connectivity index (χ0n) is 11.8. The molecule has 1 aliphatic rings. The van der Waals surface area contributed by atoms with Crippen LogP contribution in [0.1, 0.15) is 27.6 Å². The third-order valence-electron chi connectivity index (χ3n) is 3.61. The average Bonchev–Trinajstić information content (AvgIpc) is 2.55. The molecule has 0 spiro atoms. The summed E-state index contributed by atoms with van der Waals surface area (Å²) in [5, 5.41) is 2.86. The van der Waals surface area contributed by atoms with Crippen LogP contribution in [-0.2, 0) is 11.3 Å². The number of carbonyl (C=O) groups excluding carboxylic acids is 1. The molecule has 0 aromatic heterocycles. The quantitative estimate of drug-likeness (QED) is 0.938. The van der Waals surface area contributed by atoms with Crippen LogP contribution >= 0.6 is 0 Å². The van der Waals surface area contributed by atoms with E-state index in [1.54, 1.807) is 7.11 Å². The van der Waals surface area contributed by atoms with Crippen LogP contribution in [0.3, 0.4) is 0 Å². The van der Waals surface area contributed by atoms with Gasteiger partial charge in [0.15, 0.2) is 0 Å². The molecule has 0 radical (unpaired) electrons. The molecule has 1 unspecified atom stereocenters. The van der Waals surface area contributed by atoms with E-state index in [0.717, 1.165) is 16.9 Å². The third kappa shape index (κ3) is 2.90. The number of hydrogen-bond acceptors (Lipinski definition) is 3. The van der Waals surface area contributed by atoms with E-state index in [0.29, 0.717) is 18.7 Å². The molecule has 0 bridgehead atoms. The second kappa shape index (κ2) is 5.97. The summed E-state index contributed by atoms with van der Waals surface area (Å²) >= 11 is 0. The summed E-state index contributed by atoms with van der Waals surface area (Å²) < 4.78 is 11.1. The van der Waals surface area contributed by atoms with Gasteiger partial charge in [-0.3, -0.25) is 4.79 Å². The Morgan fingerprint density at radius 1 is 1.14 bits per heavy atom. The van der Waals surface area contributed by atoms with Crippen molar-refractivity contribution in [3.05, 3.63) is 65.2 Å². The predicted octanol–water partition coefficient (Wildman–Crippen LogP) is 2.70. The molecule has 0 aliphatic carbocycles. The number of hydrogen-bond donors (Lipinski definition) is 1. The van der Waals surface area contributed by atoms with E-state index in [9.17, 15) is 4.79 Å². The van der Waals surface area contributed by atoms with E-state index in [2.05, 4.69) is 5.32 Å². The fraction of sp³-hybridized carbons (Fsp3) is 0.235. The topological polar surface area (TPSA) is 47.6 Å². The molecule has 108 valence electrons. The smallest absolute Gasteiger partial charge is 0.251 e. The van der Waals surface area contributed by atoms with Crippen LogP contribution in [0.5, 0.6) is 5.75 Å². The number of carbonyl (C=O) groups is 1. The van der Waals surface area contributed by atoms with E-state index in [1.807, 2.05) is 48.5 Å². The van der Waals surface area contributed by atoms with Crippen molar-refractivity contribution in [2.24, 2.45) is 0 Å². The average molecular weight is 283 g/mol. The first-order valence-electron chi connectivity index (χ1n) is 6.89. The molecule has 4 nitrogen and oxygen atoms in total. The molecule has 1 N–H and O–H groups in total. The first-order chi connectivity index (χ1) is 10.3. The molecule has 3 rings (SSSR count). The number of fused-ring (bicyclic) bond motifs is 1. The lowest BCUT2D eigenvalue weighted by Gasteiger charge is -2.25. The molecular weight excluding hydrogens is 266 g/mol. The zero-order chi connectivity index (χ0) is 14.7. The second-order valence-electron chi connectivity index (χ2n) is 4.94. The summed E-state index contributed by atoms with van der Waals surface area (Å²) in [4.78, 5) is 11.8. The molecule has 2 aromatic carbocycles. The summed E-state index contributed by atoms with van der Waals surface area (Å²) in [5.41, 5.74) is 2.73. The van der Waals surface area contributed by atoms with Crippen LogP contribution in [0, 0.1) is 0 Å². The van der Waals surface area contributed by atoms with Gasteiger partial charge in [0, 0.05) is 12.1 Å². The van der Waals surface area contributed by atoms with Crippen LogP contribution in [0.15, 0.2) is 48.5 Å². The van der Waals surface area contributed by atoms with Crippen molar-refractivity contribution in [3.8, 4) is 5.75 Å². The van der Waals surface area contributed by atoms with Crippen LogP contribution in [0.2, 0.25) is 0 Å². The normalized spacial score (nSPS) is 17.0. The molecular formula is C17H17NO3. The van der Waals surface area contributed by atoms with Gasteiger partial charge in [-0.25, -0.2) is 0 Å². The Hall–Kier alpha value is -2.33. The van der Waals surface area contributed by atoms with Crippen molar-refractivity contribution < 1.29 is 14.3 Å². The van der Waals surface area contributed by atoms with Gasteiger partial charge in [0.25, 0.3) is 5.91 Å². The van der Waals surface area contributed by atoms with Crippen molar-refractivity contribution in [2.45, 2.75) is 12.7 Å². The van der Waals surface area contributed by atoms with Gasteiger partial charge in [-0.2, -0.15) is 0 Å². The van der Waals surface area contributed by atoms with Crippen molar-refractivity contribution in [1.82, 2.24) is 5.32 Å². The van der Waals surface area contributed by atoms with Crippen LogP contribution < -0.4 is 10.1 Å². The molecule has 4 heteroatoms. The zero-order valence-corrected chi connectivity index (χ0v) is 11.8. The molecule has 1 aliphatic heterocycles. The third-order valence-corrected chi connectivity index (χ3v) is 3.61. The van der Waals surface area contributed by atoms with Crippen LogP contribution in [-0.4, -0.2) is 19.6 Å². The number of methoxy groups -OCH3 is 1. The Kier molecular flexibility index (Phi) is 3.88. The van der Waals surface area contributed by atoms with Gasteiger partial charge in [0.05, 0.1) is 13.7 Å². The van der Waals surface area contributed by atoms with Crippen molar-refractivity contribution >= 4 is 5.91 Å². The molecule has 1 atom stereocenters. The van der Waals surface area contributed by atoms with E-state index in [4.69, 9.17) is 9.47 Å². The Balaban J connectivity index is 1.71. The predicted molar refractivity (Wildman–Crippen MR) is 79.3 cm³/mol. The maximum atomic E-state index is 11.8. The lowest BCUT2D eigenvalue weighted by Crippen LogP contribution is -2.35. The van der Waals surface area contributed by atoms with Gasteiger partial charge < -0.3 is 14.8 Å². The Morgan fingerprint density at radius 3 is 2.67 bits per heavy atom. The molecule has 2 aromatic rings. The SMILES string of the molecule is COc1ccc(COC2CNC(=O)c3ccccc32)cc1. The number of benzene rings is 2.